The summed E-state index contributed by atoms with van der Waals surface area (Å²) in [7, 11) is 0. The molecule has 2 aliphatic rings. The van der Waals surface area contributed by atoms with Gasteiger partial charge in [0.2, 0.25) is 11.1 Å². The van der Waals surface area contributed by atoms with Crippen molar-refractivity contribution >= 4 is 50.0 Å². The summed E-state index contributed by atoms with van der Waals surface area (Å²) in [6, 6.07) is 10.2. The van der Waals surface area contributed by atoms with E-state index in [4.69, 9.17) is 5.10 Å². The number of nitrogens with zero attached hydrogens (tertiary/aromatic N) is 5. The summed E-state index contributed by atoms with van der Waals surface area (Å²) >= 11 is 3.06. The molecule has 0 saturated heterocycles. The summed E-state index contributed by atoms with van der Waals surface area (Å²) in [5, 5.41) is 17.9. The Morgan fingerprint density at radius 2 is 1.97 bits per heavy atom. The number of hydrogen-bond donors (Lipinski definition) is 1. The first kappa shape index (κ1) is 20.1. The normalized spacial score (nSPS) is 17.2. The summed E-state index contributed by atoms with van der Waals surface area (Å²) in [6.07, 6.45) is 9.66. The average molecular weight is 465 g/mol. The molecule has 0 spiro atoms. The lowest BCUT2D eigenvalue weighted by Gasteiger charge is -2.20. The Labute approximate surface area is 194 Å². The highest BCUT2D eigenvalue weighted by Gasteiger charge is 2.30. The summed E-state index contributed by atoms with van der Waals surface area (Å²) in [4.78, 5) is 17.6. The number of amides is 1. The third kappa shape index (κ3) is 4.23. The highest BCUT2D eigenvalue weighted by atomic mass is 32.2. The second-order valence-electron chi connectivity index (χ2n) is 8.80. The largest absolute Gasteiger partial charge is 0.302 e. The van der Waals surface area contributed by atoms with Gasteiger partial charge in [0.1, 0.15) is 0 Å². The van der Waals surface area contributed by atoms with Crippen molar-refractivity contribution in [3.63, 3.8) is 0 Å². The number of rotatable bonds is 6. The van der Waals surface area contributed by atoms with Crippen molar-refractivity contribution in [1.82, 2.24) is 24.8 Å². The van der Waals surface area contributed by atoms with Crippen LogP contribution in [0.3, 0.4) is 0 Å². The quantitative estimate of drug-likeness (QED) is 0.414. The molecule has 0 radical (unpaired) electrons. The van der Waals surface area contributed by atoms with E-state index in [0.29, 0.717) is 5.13 Å². The van der Waals surface area contributed by atoms with E-state index in [0.717, 1.165) is 56.8 Å². The van der Waals surface area contributed by atoms with Gasteiger partial charge in [-0.25, -0.2) is 4.98 Å². The lowest BCUT2D eigenvalue weighted by Crippen LogP contribution is -2.12. The summed E-state index contributed by atoms with van der Waals surface area (Å²) in [5.74, 6) is 0.998. The van der Waals surface area contributed by atoms with Gasteiger partial charge in [-0.1, -0.05) is 43.4 Å². The second-order valence-corrected chi connectivity index (χ2v) is 10.9. The standard InChI is InChI=1S/C23H24N6OS2/c30-21(15-6-7-15)25-22-24-18-10-9-17(13-19(18)32-22)31-23-27-26-20-11-8-16(28-29(20)23)12-14-4-2-1-3-5-14/h8-11,13-15H,1-7,12H2,(H,24,25,30). The molecule has 2 aliphatic carbocycles. The summed E-state index contributed by atoms with van der Waals surface area (Å²) < 4.78 is 2.90. The van der Waals surface area contributed by atoms with Crippen LogP contribution in [0.25, 0.3) is 15.9 Å². The summed E-state index contributed by atoms with van der Waals surface area (Å²) in [6.45, 7) is 0. The Balaban J connectivity index is 1.22. The molecular weight excluding hydrogens is 440 g/mol. The highest BCUT2D eigenvalue weighted by molar-refractivity contribution is 7.99. The maximum atomic E-state index is 12.0. The maximum absolute atomic E-state index is 12.0. The Bertz CT molecular complexity index is 1290. The minimum Gasteiger partial charge on any atom is -0.302 e. The number of benzene rings is 1. The third-order valence-electron chi connectivity index (χ3n) is 6.26. The predicted octanol–water partition coefficient (Wildman–Crippen LogP) is 5.36. The van der Waals surface area contributed by atoms with Crippen LogP contribution >= 0.6 is 23.1 Å². The van der Waals surface area contributed by atoms with Crippen molar-refractivity contribution in [1.29, 1.82) is 0 Å². The van der Waals surface area contributed by atoms with E-state index >= 15 is 0 Å². The maximum Gasteiger partial charge on any atom is 0.229 e. The Morgan fingerprint density at radius 1 is 1.09 bits per heavy atom. The number of carbonyl (C=O) groups is 1. The van der Waals surface area contributed by atoms with Crippen LogP contribution in [-0.2, 0) is 11.2 Å². The van der Waals surface area contributed by atoms with Gasteiger partial charge in [0.15, 0.2) is 10.8 Å². The average Bonchev–Trinajstić information content (AvgIpc) is 3.48. The van der Waals surface area contributed by atoms with E-state index in [1.165, 1.54) is 43.4 Å². The molecule has 0 atom stereocenters. The molecule has 1 aromatic carbocycles. The first-order chi connectivity index (χ1) is 15.7. The number of hydrogen-bond acceptors (Lipinski definition) is 7. The lowest BCUT2D eigenvalue weighted by atomic mass is 9.86. The molecule has 164 valence electrons. The van der Waals surface area contributed by atoms with Gasteiger partial charge < -0.3 is 5.32 Å². The molecule has 4 aromatic rings. The molecule has 9 heteroatoms. The van der Waals surface area contributed by atoms with Crippen molar-refractivity contribution in [2.24, 2.45) is 11.8 Å². The molecule has 0 bridgehead atoms. The van der Waals surface area contributed by atoms with Crippen molar-refractivity contribution in [2.45, 2.75) is 61.4 Å². The Morgan fingerprint density at radius 3 is 2.81 bits per heavy atom. The predicted molar refractivity (Wildman–Crippen MR) is 126 cm³/mol. The number of fused-ring (bicyclic) bond motifs is 2. The van der Waals surface area contributed by atoms with E-state index in [2.05, 4.69) is 32.6 Å². The van der Waals surface area contributed by atoms with Crippen LogP contribution in [0.5, 0.6) is 0 Å². The highest BCUT2D eigenvalue weighted by Crippen LogP contribution is 2.35. The number of nitrogens with one attached hydrogen (secondary N) is 1. The van der Waals surface area contributed by atoms with E-state index in [1.54, 1.807) is 11.8 Å². The molecule has 0 aliphatic heterocycles. The van der Waals surface area contributed by atoms with E-state index in [1.807, 2.05) is 22.7 Å². The SMILES string of the molecule is O=C(Nc1nc2ccc(Sc3nnc4ccc(CC5CCCCC5)nn34)cc2s1)C1CC1. The second kappa shape index (κ2) is 8.44. The molecule has 1 N–H and O–H groups in total. The van der Waals surface area contributed by atoms with Crippen LogP contribution < -0.4 is 5.32 Å². The van der Waals surface area contributed by atoms with Crippen molar-refractivity contribution in [2.75, 3.05) is 5.32 Å². The van der Waals surface area contributed by atoms with Crippen molar-refractivity contribution in [3.8, 4) is 0 Å². The fourth-order valence-corrected chi connectivity index (χ4v) is 6.16. The molecule has 2 fully saturated rings. The number of anilines is 1. The van der Waals surface area contributed by atoms with E-state index in [9.17, 15) is 4.79 Å². The van der Waals surface area contributed by atoms with Gasteiger partial charge in [-0.05, 0) is 67.3 Å². The van der Waals surface area contributed by atoms with Crippen LogP contribution in [0.15, 0.2) is 40.4 Å². The first-order valence-corrected chi connectivity index (χ1v) is 13.0. The Hall–Kier alpha value is -2.52. The zero-order valence-corrected chi connectivity index (χ0v) is 19.3. The van der Waals surface area contributed by atoms with Crippen LogP contribution in [-0.4, -0.2) is 30.7 Å². The summed E-state index contributed by atoms with van der Waals surface area (Å²) in [5.41, 5.74) is 2.77. The lowest BCUT2D eigenvalue weighted by molar-refractivity contribution is -0.117. The third-order valence-corrected chi connectivity index (χ3v) is 8.12. The number of aromatic nitrogens is 5. The molecule has 3 heterocycles. The van der Waals surface area contributed by atoms with Gasteiger partial charge >= 0.3 is 0 Å². The van der Waals surface area contributed by atoms with Crippen molar-refractivity contribution in [3.05, 3.63) is 36.0 Å². The number of thiazole rings is 1. The smallest absolute Gasteiger partial charge is 0.229 e. The minimum atomic E-state index is 0.0867. The van der Waals surface area contributed by atoms with Crippen LogP contribution in [0.4, 0.5) is 5.13 Å². The molecule has 2 saturated carbocycles. The molecule has 6 rings (SSSR count). The molecule has 7 nitrogen and oxygen atoms in total. The van der Waals surface area contributed by atoms with Crippen LogP contribution in [0.1, 0.15) is 50.6 Å². The molecular formula is C23H24N6OS2. The van der Waals surface area contributed by atoms with Gasteiger partial charge in [-0.15, -0.1) is 10.2 Å². The zero-order valence-electron chi connectivity index (χ0n) is 17.7. The van der Waals surface area contributed by atoms with Gasteiger partial charge in [0, 0.05) is 10.8 Å². The molecule has 1 amide bonds. The van der Waals surface area contributed by atoms with Gasteiger partial charge in [-0.3, -0.25) is 4.79 Å². The fraction of sp³-hybridized carbons (Fsp3) is 0.435. The van der Waals surface area contributed by atoms with Crippen LogP contribution in [0.2, 0.25) is 0 Å². The molecule has 3 aromatic heterocycles. The molecule has 0 unspecified atom stereocenters. The van der Waals surface area contributed by atoms with Gasteiger partial charge in [0.25, 0.3) is 0 Å². The van der Waals surface area contributed by atoms with Gasteiger partial charge in [-0.2, -0.15) is 9.61 Å². The topological polar surface area (TPSA) is 85.1 Å². The zero-order chi connectivity index (χ0) is 21.5. The van der Waals surface area contributed by atoms with Gasteiger partial charge in [0.05, 0.1) is 15.9 Å². The van der Waals surface area contributed by atoms with E-state index in [-0.39, 0.29) is 11.8 Å². The first-order valence-electron chi connectivity index (χ1n) is 11.3. The minimum absolute atomic E-state index is 0.0867. The Kier molecular flexibility index (Phi) is 5.30. The van der Waals surface area contributed by atoms with Crippen molar-refractivity contribution < 1.29 is 4.79 Å². The fourth-order valence-electron chi connectivity index (χ4n) is 4.35. The van der Waals surface area contributed by atoms with Crippen LogP contribution in [0, 0.1) is 11.8 Å². The van der Waals surface area contributed by atoms with E-state index < -0.39 is 0 Å². The molecule has 32 heavy (non-hydrogen) atoms. The monoisotopic (exact) mass is 464 g/mol. The number of carbonyl (C=O) groups excluding carboxylic acids is 1.